The summed E-state index contributed by atoms with van der Waals surface area (Å²) in [5, 5.41) is 3.09. The standard InChI is InChI=1S/C20H23Cl2N3O4S/c1-2-29-18-12-14(6-9-23-18)13-24-20(26)15-7-10-25(11-8-15)30(27,28)19-16(21)4-3-5-17(19)22/h3-6,9,12,15H,2,7-8,10-11,13H2,1H3,(H,24,26). The van der Waals surface area contributed by atoms with E-state index in [1.165, 1.54) is 16.4 Å². The molecule has 0 radical (unpaired) electrons. The molecule has 1 fully saturated rings. The van der Waals surface area contributed by atoms with Gasteiger partial charge in [-0.25, -0.2) is 13.4 Å². The number of pyridine rings is 1. The molecule has 1 aromatic heterocycles. The van der Waals surface area contributed by atoms with Gasteiger partial charge in [0.2, 0.25) is 21.8 Å². The smallest absolute Gasteiger partial charge is 0.246 e. The van der Waals surface area contributed by atoms with Crippen LogP contribution in [0.5, 0.6) is 5.88 Å². The zero-order valence-electron chi connectivity index (χ0n) is 16.5. The number of halogens is 2. The second-order valence-corrected chi connectivity index (χ2v) is 9.57. The Bertz CT molecular complexity index is 989. The maximum atomic E-state index is 12.9. The van der Waals surface area contributed by atoms with Crippen LogP contribution in [0.15, 0.2) is 41.4 Å². The monoisotopic (exact) mass is 471 g/mol. The number of nitrogens with one attached hydrogen (secondary N) is 1. The minimum Gasteiger partial charge on any atom is -0.478 e. The normalized spacial score (nSPS) is 15.7. The second-order valence-electron chi connectivity index (χ2n) is 6.88. The Morgan fingerprint density at radius 3 is 2.53 bits per heavy atom. The van der Waals surface area contributed by atoms with E-state index in [1.807, 2.05) is 13.0 Å². The number of aromatic nitrogens is 1. The molecule has 1 aliphatic rings. The van der Waals surface area contributed by atoms with E-state index < -0.39 is 10.0 Å². The molecule has 10 heteroatoms. The molecule has 1 saturated heterocycles. The summed E-state index contributed by atoms with van der Waals surface area (Å²) in [6.45, 7) is 3.21. The van der Waals surface area contributed by atoms with E-state index in [4.69, 9.17) is 27.9 Å². The van der Waals surface area contributed by atoms with Crippen LogP contribution in [0.4, 0.5) is 0 Å². The van der Waals surface area contributed by atoms with Gasteiger partial charge in [0.15, 0.2) is 0 Å². The quantitative estimate of drug-likeness (QED) is 0.667. The molecule has 2 aromatic rings. The van der Waals surface area contributed by atoms with Gasteiger partial charge < -0.3 is 10.1 Å². The third kappa shape index (κ3) is 5.24. The third-order valence-electron chi connectivity index (χ3n) is 4.90. The molecular weight excluding hydrogens is 449 g/mol. The van der Waals surface area contributed by atoms with Gasteiger partial charge in [-0.05, 0) is 43.5 Å². The number of piperidine rings is 1. The maximum absolute atomic E-state index is 12.9. The van der Waals surface area contributed by atoms with Crippen molar-refractivity contribution in [2.75, 3.05) is 19.7 Å². The van der Waals surface area contributed by atoms with Gasteiger partial charge in [0, 0.05) is 37.8 Å². The van der Waals surface area contributed by atoms with Crippen LogP contribution >= 0.6 is 23.2 Å². The predicted molar refractivity (Wildman–Crippen MR) is 115 cm³/mol. The number of carbonyl (C=O) groups excluding carboxylic acids is 1. The summed E-state index contributed by atoms with van der Waals surface area (Å²) < 4.78 is 32.6. The van der Waals surface area contributed by atoms with Crippen molar-refractivity contribution < 1.29 is 17.9 Å². The number of sulfonamides is 1. The van der Waals surface area contributed by atoms with E-state index in [1.54, 1.807) is 18.3 Å². The average molecular weight is 472 g/mol. The van der Waals surface area contributed by atoms with Crippen LogP contribution in [0.2, 0.25) is 10.0 Å². The first kappa shape index (κ1) is 22.8. The first-order valence-corrected chi connectivity index (χ1v) is 11.8. The maximum Gasteiger partial charge on any atom is 0.246 e. The first-order valence-electron chi connectivity index (χ1n) is 9.62. The lowest BCUT2D eigenvalue weighted by Crippen LogP contribution is -2.43. The molecule has 1 amide bonds. The zero-order valence-corrected chi connectivity index (χ0v) is 18.8. The lowest BCUT2D eigenvalue weighted by molar-refractivity contribution is -0.126. The number of ether oxygens (including phenoxy) is 1. The molecule has 0 aliphatic carbocycles. The summed E-state index contributed by atoms with van der Waals surface area (Å²) in [4.78, 5) is 16.6. The number of carbonyl (C=O) groups is 1. The number of rotatable bonds is 7. The highest BCUT2D eigenvalue weighted by Crippen LogP contribution is 2.33. The topological polar surface area (TPSA) is 88.6 Å². The fourth-order valence-corrected chi connectivity index (χ4v) is 5.90. The van der Waals surface area contributed by atoms with E-state index in [0.717, 1.165) is 5.56 Å². The Hall–Kier alpha value is -1.87. The molecule has 30 heavy (non-hydrogen) atoms. The van der Waals surface area contributed by atoms with Crippen molar-refractivity contribution in [3.05, 3.63) is 52.1 Å². The van der Waals surface area contributed by atoms with Crippen molar-refractivity contribution in [1.82, 2.24) is 14.6 Å². The van der Waals surface area contributed by atoms with Gasteiger partial charge in [-0.1, -0.05) is 29.3 Å². The Morgan fingerprint density at radius 2 is 1.90 bits per heavy atom. The number of benzene rings is 1. The molecule has 7 nitrogen and oxygen atoms in total. The summed E-state index contributed by atoms with van der Waals surface area (Å²) in [6.07, 6.45) is 2.48. The van der Waals surface area contributed by atoms with E-state index in [2.05, 4.69) is 10.3 Å². The van der Waals surface area contributed by atoms with Crippen LogP contribution in [-0.4, -0.2) is 43.3 Å². The lowest BCUT2D eigenvalue weighted by Gasteiger charge is -2.31. The molecule has 0 atom stereocenters. The van der Waals surface area contributed by atoms with Crippen LogP contribution in [0, 0.1) is 5.92 Å². The Kier molecular flexibility index (Phi) is 7.57. The molecule has 162 valence electrons. The number of hydrogen-bond acceptors (Lipinski definition) is 5. The van der Waals surface area contributed by atoms with Crippen LogP contribution in [0.25, 0.3) is 0 Å². The van der Waals surface area contributed by atoms with Gasteiger partial charge in [0.25, 0.3) is 0 Å². The van der Waals surface area contributed by atoms with Crippen molar-refractivity contribution >= 4 is 39.1 Å². The summed E-state index contributed by atoms with van der Waals surface area (Å²) in [5.41, 5.74) is 0.884. The molecule has 1 aromatic carbocycles. The number of nitrogens with zero attached hydrogens (tertiary/aromatic N) is 2. The van der Waals surface area contributed by atoms with Crippen molar-refractivity contribution in [3.8, 4) is 5.88 Å². The molecule has 0 saturated carbocycles. The summed E-state index contributed by atoms with van der Waals surface area (Å²) >= 11 is 12.1. The molecule has 1 N–H and O–H groups in total. The van der Waals surface area contributed by atoms with Gasteiger partial charge in [-0.3, -0.25) is 4.79 Å². The molecule has 0 unspecified atom stereocenters. The SMILES string of the molecule is CCOc1cc(CNC(=O)C2CCN(S(=O)(=O)c3c(Cl)cccc3Cl)CC2)ccn1. The summed E-state index contributed by atoms with van der Waals surface area (Å²) in [6, 6.07) is 8.19. The second kappa shape index (κ2) is 9.96. The Balaban J connectivity index is 1.57. The molecule has 0 spiro atoms. The van der Waals surface area contributed by atoms with E-state index >= 15 is 0 Å². The van der Waals surface area contributed by atoms with E-state index in [-0.39, 0.29) is 39.9 Å². The molecule has 1 aliphatic heterocycles. The highest BCUT2D eigenvalue weighted by atomic mass is 35.5. The van der Waals surface area contributed by atoms with Gasteiger partial charge in [-0.2, -0.15) is 4.31 Å². The van der Waals surface area contributed by atoms with E-state index in [9.17, 15) is 13.2 Å². The summed E-state index contributed by atoms with van der Waals surface area (Å²) in [7, 11) is -3.82. The van der Waals surface area contributed by atoms with Crippen LogP contribution < -0.4 is 10.1 Å². The first-order chi connectivity index (χ1) is 14.3. The third-order valence-corrected chi connectivity index (χ3v) is 7.75. The zero-order chi connectivity index (χ0) is 21.7. The van der Waals surface area contributed by atoms with Crippen LogP contribution in [0.1, 0.15) is 25.3 Å². The number of amides is 1. The van der Waals surface area contributed by atoms with Gasteiger partial charge in [0.1, 0.15) is 4.90 Å². The lowest BCUT2D eigenvalue weighted by atomic mass is 9.97. The highest BCUT2D eigenvalue weighted by molar-refractivity contribution is 7.89. The van der Waals surface area contributed by atoms with Gasteiger partial charge >= 0.3 is 0 Å². The van der Waals surface area contributed by atoms with Gasteiger partial charge in [-0.15, -0.1) is 0 Å². The fourth-order valence-electron chi connectivity index (χ4n) is 3.34. The minimum atomic E-state index is -3.82. The largest absolute Gasteiger partial charge is 0.478 e. The summed E-state index contributed by atoms with van der Waals surface area (Å²) in [5.74, 6) is 0.157. The Labute approximate surface area is 186 Å². The average Bonchev–Trinajstić information content (AvgIpc) is 2.72. The number of hydrogen-bond donors (Lipinski definition) is 1. The molecule has 3 rings (SSSR count). The van der Waals surface area contributed by atoms with Crippen molar-refractivity contribution in [2.24, 2.45) is 5.92 Å². The van der Waals surface area contributed by atoms with Gasteiger partial charge in [0.05, 0.1) is 16.7 Å². The molecule has 0 bridgehead atoms. The minimum absolute atomic E-state index is 0.0842. The Morgan fingerprint density at radius 1 is 1.23 bits per heavy atom. The van der Waals surface area contributed by atoms with E-state index in [0.29, 0.717) is 31.9 Å². The van der Waals surface area contributed by atoms with Crippen LogP contribution in [-0.2, 0) is 21.4 Å². The van der Waals surface area contributed by atoms with Crippen molar-refractivity contribution in [3.63, 3.8) is 0 Å². The molecule has 2 heterocycles. The van der Waals surface area contributed by atoms with Crippen molar-refractivity contribution in [1.29, 1.82) is 0 Å². The highest BCUT2D eigenvalue weighted by Gasteiger charge is 2.34. The fraction of sp³-hybridized carbons (Fsp3) is 0.400. The predicted octanol–water partition coefficient (Wildman–Crippen LogP) is 3.50. The van der Waals surface area contributed by atoms with Crippen molar-refractivity contribution in [2.45, 2.75) is 31.2 Å². The van der Waals surface area contributed by atoms with Crippen LogP contribution in [0.3, 0.4) is 0 Å². The molecular formula is C20H23Cl2N3O4S.